The molecule has 1 aliphatic rings. The first-order chi connectivity index (χ1) is 17.2. The van der Waals surface area contributed by atoms with Gasteiger partial charge >= 0.3 is 6.18 Å². The van der Waals surface area contributed by atoms with Gasteiger partial charge in [-0.2, -0.15) is 18.3 Å². The molecule has 0 amide bonds. The summed E-state index contributed by atoms with van der Waals surface area (Å²) in [5.41, 5.74) is 0.871. The Bertz CT molecular complexity index is 1380. The molecule has 0 radical (unpaired) electrons. The molecule has 0 unspecified atom stereocenters. The molecule has 0 N–H and O–H groups in total. The summed E-state index contributed by atoms with van der Waals surface area (Å²) in [6.45, 7) is 1.60. The van der Waals surface area contributed by atoms with Crippen molar-refractivity contribution in [1.29, 1.82) is 0 Å². The van der Waals surface area contributed by atoms with E-state index in [0.29, 0.717) is 0 Å². The van der Waals surface area contributed by atoms with E-state index in [2.05, 4.69) is 25.2 Å². The van der Waals surface area contributed by atoms with Crippen LogP contribution in [0.4, 0.5) is 19.0 Å². The van der Waals surface area contributed by atoms with Crippen LogP contribution >= 0.6 is 11.6 Å². The van der Waals surface area contributed by atoms with Crippen molar-refractivity contribution in [2.75, 3.05) is 25.0 Å². The van der Waals surface area contributed by atoms with Crippen molar-refractivity contribution >= 4 is 28.2 Å². The van der Waals surface area contributed by atoms with Gasteiger partial charge in [-0.05, 0) is 37.6 Å². The third-order valence-corrected chi connectivity index (χ3v) is 6.96. The number of hydrogen-bond donors (Lipinski definition) is 0. The van der Waals surface area contributed by atoms with E-state index in [1.807, 2.05) is 49.3 Å². The van der Waals surface area contributed by atoms with Gasteiger partial charge in [-0.3, -0.25) is 9.58 Å². The molecule has 0 bridgehead atoms. The molecular weight excluding hydrogens is 491 g/mol. The van der Waals surface area contributed by atoms with Crippen LogP contribution in [0.1, 0.15) is 24.1 Å². The van der Waals surface area contributed by atoms with Crippen molar-refractivity contribution < 1.29 is 13.2 Å². The standard InChI is InChI=1S/C25H25ClF3N7/c1-34(15-16-7-8-21(26)31-23(16)25(27,28)29)17-10-13-36(14-11-17)24-19-6-4-3-5-18(19)22(32-33-24)20-9-12-30-35(20)2/h3-9,12,17H,10-11,13-15H2,1-2H3. The maximum Gasteiger partial charge on any atom is 0.433 e. The molecule has 36 heavy (non-hydrogen) atoms. The van der Waals surface area contributed by atoms with E-state index in [1.54, 1.807) is 10.9 Å². The third kappa shape index (κ3) is 4.75. The van der Waals surface area contributed by atoms with Crippen LogP contribution in [0.2, 0.25) is 5.15 Å². The maximum atomic E-state index is 13.5. The number of piperidine rings is 1. The van der Waals surface area contributed by atoms with Crippen molar-refractivity contribution in [2.24, 2.45) is 7.05 Å². The summed E-state index contributed by atoms with van der Waals surface area (Å²) in [4.78, 5) is 7.71. The number of aromatic nitrogens is 5. The van der Waals surface area contributed by atoms with Crippen molar-refractivity contribution in [3.8, 4) is 11.4 Å². The number of rotatable bonds is 5. The Hall–Kier alpha value is -3.24. The first-order valence-corrected chi connectivity index (χ1v) is 12.0. The number of anilines is 1. The van der Waals surface area contributed by atoms with Crippen molar-refractivity contribution in [3.05, 3.63) is 65.1 Å². The summed E-state index contributed by atoms with van der Waals surface area (Å²) in [7, 11) is 3.73. The van der Waals surface area contributed by atoms with E-state index < -0.39 is 11.9 Å². The Morgan fingerprint density at radius 3 is 2.42 bits per heavy atom. The van der Waals surface area contributed by atoms with Gasteiger partial charge in [0.1, 0.15) is 10.8 Å². The molecular formula is C25H25ClF3N7. The fourth-order valence-corrected chi connectivity index (χ4v) is 5.02. The lowest BCUT2D eigenvalue weighted by molar-refractivity contribution is -0.142. The molecule has 4 aromatic rings. The number of fused-ring (bicyclic) bond motifs is 1. The molecule has 0 atom stereocenters. The van der Waals surface area contributed by atoms with Crippen LogP contribution in [0.5, 0.6) is 0 Å². The molecule has 1 fully saturated rings. The van der Waals surface area contributed by atoms with E-state index in [4.69, 9.17) is 11.6 Å². The molecule has 1 aromatic carbocycles. The Labute approximate surface area is 211 Å². The van der Waals surface area contributed by atoms with E-state index in [9.17, 15) is 13.2 Å². The first kappa shape index (κ1) is 24.5. The summed E-state index contributed by atoms with van der Waals surface area (Å²) >= 11 is 5.72. The van der Waals surface area contributed by atoms with Crippen LogP contribution in [0.25, 0.3) is 22.2 Å². The minimum Gasteiger partial charge on any atom is -0.354 e. The summed E-state index contributed by atoms with van der Waals surface area (Å²) < 4.78 is 42.2. The Balaban J connectivity index is 1.33. The molecule has 1 aliphatic heterocycles. The normalized spacial score (nSPS) is 15.2. The van der Waals surface area contributed by atoms with E-state index in [0.717, 1.165) is 53.9 Å². The highest BCUT2D eigenvalue weighted by molar-refractivity contribution is 6.29. The van der Waals surface area contributed by atoms with Gasteiger partial charge in [0.25, 0.3) is 0 Å². The largest absolute Gasteiger partial charge is 0.433 e. The molecule has 0 spiro atoms. The smallest absolute Gasteiger partial charge is 0.354 e. The fourth-order valence-electron chi connectivity index (χ4n) is 4.87. The molecule has 4 heterocycles. The lowest BCUT2D eigenvalue weighted by atomic mass is 10.0. The number of halogens is 4. The zero-order valence-corrected chi connectivity index (χ0v) is 20.6. The van der Waals surface area contributed by atoms with Crippen LogP contribution in [-0.4, -0.2) is 56.0 Å². The molecule has 3 aromatic heterocycles. The average molecular weight is 516 g/mol. The number of aryl methyl sites for hydroxylation is 1. The number of alkyl halides is 3. The average Bonchev–Trinajstić information content (AvgIpc) is 3.29. The second kappa shape index (κ2) is 9.67. The van der Waals surface area contributed by atoms with Gasteiger partial charge in [-0.25, -0.2) is 4.98 Å². The quantitative estimate of drug-likeness (QED) is 0.340. The molecule has 5 rings (SSSR count). The molecule has 11 heteroatoms. The van der Waals surface area contributed by atoms with Crippen molar-refractivity contribution in [2.45, 2.75) is 31.6 Å². The van der Waals surface area contributed by atoms with Crippen molar-refractivity contribution in [3.63, 3.8) is 0 Å². The SMILES string of the molecule is CN(Cc1ccc(Cl)nc1C(F)(F)F)C1CCN(c2nnc(-c3ccnn3C)c3ccccc23)CC1. The third-order valence-electron chi connectivity index (χ3n) is 6.75. The van der Waals surface area contributed by atoms with Gasteiger partial charge in [-0.15, -0.1) is 10.2 Å². The Kier molecular flexibility index (Phi) is 6.57. The lowest BCUT2D eigenvalue weighted by Gasteiger charge is -2.37. The van der Waals surface area contributed by atoms with E-state index >= 15 is 0 Å². The summed E-state index contributed by atoms with van der Waals surface area (Å²) in [5.74, 6) is 0.818. The monoisotopic (exact) mass is 515 g/mol. The highest BCUT2D eigenvalue weighted by atomic mass is 35.5. The number of nitrogens with zero attached hydrogens (tertiary/aromatic N) is 7. The summed E-state index contributed by atoms with van der Waals surface area (Å²) in [5, 5.41) is 15.2. The summed E-state index contributed by atoms with van der Waals surface area (Å²) in [6, 6.07) is 12.9. The molecule has 0 aliphatic carbocycles. The highest BCUT2D eigenvalue weighted by Gasteiger charge is 2.36. The minimum absolute atomic E-state index is 0.124. The Morgan fingerprint density at radius 2 is 1.75 bits per heavy atom. The Morgan fingerprint density at radius 1 is 1.03 bits per heavy atom. The number of pyridine rings is 1. The van der Waals surface area contributed by atoms with Gasteiger partial charge in [0.05, 0.1) is 5.69 Å². The molecule has 7 nitrogen and oxygen atoms in total. The fraction of sp³-hybridized carbons (Fsp3) is 0.360. The van der Waals surface area contributed by atoms with Gasteiger partial charge in [0.15, 0.2) is 11.5 Å². The maximum absolute atomic E-state index is 13.5. The predicted molar refractivity (Wildman–Crippen MR) is 133 cm³/mol. The van der Waals surface area contributed by atoms with Crippen LogP contribution in [0, 0.1) is 0 Å². The zero-order chi connectivity index (χ0) is 25.4. The topological polar surface area (TPSA) is 63.0 Å². The molecule has 0 saturated carbocycles. The zero-order valence-electron chi connectivity index (χ0n) is 19.9. The predicted octanol–water partition coefficient (Wildman–Crippen LogP) is 5.20. The minimum atomic E-state index is -4.55. The van der Waals surface area contributed by atoms with Crippen molar-refractivity contribution in [1.82, 2.24) is 29.9 Å². The molecule has 1 saturated heterocycles. The second-order valence-electron chi connectivity index (χ2n) is 9.03. The van der Waals surface area contributed by atoms with Gasteiger partial charge in [-0.1, -0.05) is 41.9 Å². The highest BCUT2D eigenvalue weighted by Crippen LogP contribution is 2.34. The summed E-state index contributed by atoms with van der Waals surface area (Å²) in [6.07, 6.45) is -1.23. The van der Waals surface area contributed by atoms with Crippen LogP contribution in [0.3, 0.4) is 0 Å². The van der Waals surface area contributed by atoms with E-state index in [-0.39, 0.29) is 23.3 Å². The first-order valence-electron chi connectivity index (χ1n) is 11.6. The van der Waals surface area contributed by atoms with Gasteiger partial charge < -0.3 is 4.90 Å². The number of hydrogen-bond acceptors (Lipinski definition) is 6. The van der Waals surface area contributed by atoms with Crippen LogP contribution in [-0.2, 0) is 19.8 Å². The van der Waals surface area contributed by atoms with Gasteiger partial charge in [0.2, 0.25) is 0 Å². The van der Waals surface area contributed by atoms with Crippen LogP contribution < -0.4 is 4.90 Å². The van der Waals surface area contributed by atoms with E-state index in [1.165, 1.54) is 12.1 Å². The second-order valence-corrected chi connectivity index (χ2v) is 9.42. The molecule has 188 valence electrons. The van der Waals surface area contributed by atoms with Crippen LogP contribution in [0.15, 0.2) is 48.7 Å². The van der Waals surface area contributed by atoms with Gasteiger partial charge in [0, 0.05) is 49.7 Å². The lowest BCUT2D eigenvalue weighted by Crippen LogP contribution is -2.43. The number of benzene rings is 1.